The van der Waals surface area contributed by atoms with Crippen LogP contribution in [0.4, 0.5) is 9.59 Å². The summed E-state index contributed by atoms with van der Waals surface area (Å²) >= 11 is 2.74. The first kappa shape index (κ1) is 34.7. The van der Waals surface area contributed by atoms with Crippen molar-refractivity contribution in [1.29, 1.82) is 0 Å². The van der Waals surface area contributed by atoms with Crippen LogP contribution in [0.25, 0.3) is 0 Å². The van der Waals surface area contributed by atoms with Crippen LogP contribution in [-0.2, 0) is 27.3 Å². The van der Waals surface area contributed by atoms with E-state index in [1.165, 1.54) is 34.5 Å². The third-order valence-corrected chi connectivity index (χ3v) is 6.43. The van der Waals surface area contributed by atoms with E-state index in [4.69, 9.17) is 14.2 Å². The van der Waals surface area contributed by atoms with Crippen molar-refractivity contribution in [1.82, 2.24) is 20.2 Å². The number of hydrogen-bond donors (Lipinski definition) is 2. The number of amides is 2. The molecule has 0 fully saturated rings. The van der Waals surface area contributed by atoms with Crippen LogP contribution < -0.4 is 5.32 Å². The van der Waals surface area contributed by atoms with Gasteiger partial charge in [0.1, 0.15) is 29.2 Å². The minimum atomic E-state index is -1.19. The number of rotatable bonds is 11. The molecule has 2 aromatic heterocycles. The average Bonchev–Trinajstić information content (AvgIpc) is 2.88. The number of esters is 1. The van der Waals surface area contributed by atoms with Crippen molar-refractivity contribution in [2.45, 2.75) is 75.6 Å². The van der Waals surface area contributed by atoms with E-state index in [-0.39, 0.29) is 37.6 Å². The summed E-state index contributed by atoms with van der Waals surface area (Å²) in [5.41, 5.74) is -0.792. The number of carboxylic acid groups (broad SMARTS) is 1. The Hall–Kier alpha value is -3.52. The smallest absolute Gasteiger partial charge is 0.410 e. The molecule has 2 N–H and O–H groups in total. The maximum absolute atomic E-state index is 13.0. The highest BCUT2D eigenvalue weighted by Gasteiger charge is 2.24. The van der Waals surface area contributed by atoms with Crippen LogP contribution in [0, 0.1) is 0 Å². The SMILES string of the molecule is CSc1cc(CN(CCOC(=O)c2cc(SC)cc(CNC(=O)OC(C)(C)C)n2)C(=O)OC(C)(C)C)nc(C(=O)O)c1. The first-order valence-electron chi connectivity index (χ1n) is 12.9. The topological polar surface area (TPSA) is 157 Å². The fourth-order valence-electron chi connectivity index (χ4n) is 3.30. The Labute approximate surface area is 254 Å². The molecule has 0 radical (unpaired) electrons. The number of nitrogens with one attached hydrogen (secondary N) is 1. The maximum Gasteiger partial charge on any atom is 0.410 e. The number of nitrogens with zero attached hydrogens (tertiary/aromatic N) is 3. The third-order valence-electron chi connectivity index (χ3n) is 5.02. The second-order valence-electron chi connectivity index (χ2n) is 11.0. The molecule has 230 valence electrons. The fraction of sp³-hybridized carbons (Fsp3) is 0.500. The molecule has 2 amide bonds. The van der Waals surface area contributed by atoms with Crippen LogP contribution in [0.3, 0.4) is 0 Å². The molecule has 0 bridgehead atoms. The van der Waals surface area contributed by atoms with Crippen molar-refractivity contribution in [2.75, 3.05) is 25.7 Å². The van der Waals surface area contributed by atoms with Gasteiger partial charge in [-0.15, -0.1) is 23.5 Å². The molecule has 42 heavy (non-hydrogen) atoms. The van der Waals surface area contributed by atoms with Gasteiger partial charge in [0, 0.05) is 9.79 Å². The van der Waals surface area contributed by atoms with Crippen molar-refractivity contribution in [2.24, 2.45) is 0 Å². The number of carboxylic acids is 1. The predicted molar refractivity (Wildman–Crippen MR) is 159 cm³/mol. The summed E-state index contributed by atoms with van der Waals surface area (Å²) in [6.45, 7) is 10.1. The van der Waals surface area contributed by atoms with Crippen molar-refractivity contribution < 1.29 is 38.5 Å². The van der Waals surface area contributed by atoms with Crippen LogP contribution in [-0.4, -0.2) is 81.0 Å². The zero-order valence-electron chi connectivity index (χ0n) is 25.1. The largest absolute Gasteiger partial charge is 0.477 e. The van der Waals surface area contributed by atoms with Crippen molar-refractivity contribution in [3.63, 3.8) is 0 Å². The van der Waals surface area contributed by atoms with E-state index in [0.717, 1.165) is 4.90 Å². The van der Waals surface area contributed by atoms with E-state index in [2.05, 4.69) is 15.3 Å². The molecule has 2 heterocycles. The number of ether oxygens (including phenoxy) is 3. The van der Waals surface area contributed by atoms with Gasteiger partial charge in [0.05, 0.1) is 31.0 Å². The zero-order chi connectivity index (χ0) is 31.7. The van der Waals surface area contributed by atoms with Crippen molar-refractivity contribution >= 4 is 47.6 Å². The van der Waals surface area contributed by atoms with Gasteiger partial charge < -0.3 is 24.6 Å². The Balaban J connectivity index is 2.16. The lowest BCUT2D eigenvalue weighted by molar-refractivity contribution is 0.0147. The monoisotopic (exact) mass is 622 g/mol. The molecule has 0 saturated heterocycles. The van der Waals surface area contributed by atoms with Gasteiger partial charge in [0.15, 0.2) is 0 Å². The van der Waals surface area contributed by atoms with Crippen LogP contribution in [0.5, 0.6) is 0 Å². The Morgan fingerprint density at radius 2 is 1.40 bits per heavy atom. The highest BCUT2D eigenvalue weighted by atomic mass is 32.2. The highest BCUT2D eigenvalue weighted by Crippen LogP contribution is 2.20. The van der Waals surface area contributed by atoms with E-state index in [1.807, 2.05) is 6.26 Å². The maximum atomic E-state index is 13.0. The second kappa shape index (κ2) is 15.1. The third kappa shape index (κ3) is 12.1. The van der Waals surface area contributed by atoms with E-state index >= 15 is 0 Å². The standard InChI is InChI=1S/C28H38N4O8S2/c1-27(2,3)39-25(36)29-15-17-11-19(41-7)14-22(30-17)24(35)38-10-9-32(26(37)40-28(4,5)6)16-18-12-20(42-8)13-21(31-18)23(33)34/h11-14H,9-10,15-16H2,1-8H3,(H,29,36)(H,33,34). The van der Waals surface area contributed by atoms with Gasteiger partial charge in [0.2, 0.25) is 0 Å². The quantitative estimate of drug-likeness (QED) is 0.191. The van der Waals surface area contributed by atoms with Gasteiger partial charge in [-0.05, 0) is 78.3 Å². The molecule has 0 saturated carbocycles. The number of pyridine rings is 2. The van der Waals surface area contributed by atoms with E-state index in [0.29, 0.717) is 16.3 Å². The minimum Gasteiger partial charge on any atom is -0.477 e. The van der Waals surface area contributed by atoms with Gasteiger partial charge in [-0.25, -0.2) is 29.1 Å². The average molecular weight is 623 g/mol. The number of carbonyl (C=O) groups is 4. The molecule has 2 rings (SSSR count). The normalized spacial score (nSPS) is 11.4. The number of alkyl carbamates (subject to hydrolysis) is 1. The second-order valence-corrected chi connectivity index (χ2v) is 12.7. The summed E-state index contributed by atoms with van der Waals surface area (Å²) < 4.78 is 16.2. The molecule has 0 unspecified atom stereocenters. The van der Waals surface area contributed by atoms with Gasteiger partial charge in [-0.3, -0.25) is 4.90 Å². The molecule has 12 nitrogen and oxygen atoms in total. The van der Waals surface area contributed by atoms with Crippen molar-refractivity contribution in [3.8, 4) is 0 Å². The molecule has 0 spiro atoms. The van der Waals surface area contributed by atoms with Crippen LogP contribution in [0.1, 0.15) is 73.9 Å². The number of thioether (sulfide) groups is 2. The minimum absolute atomic E-state index is 0.0343. The Morgan fingerprint density at radius 1 is 0.857 bits per heavy atom. The summed E-state index contributed by atoms with van der Waals surface area (Å²) in [4.78, 5) is 60.6. The molecule has 0 aliphatic rings. The molecule has 2 aromatic rings. The van der Waals surface area contributed by atoms with Crippen LogP contribution in [0.15, 0.2) is 34.1 Å². The Kier molecular flexibility index (Phi) is 12.5. The predicted octanol–water partition coefficient (Wildman–Crippen LogP) is 5.24. The summed E-state index contributed by atoms with van der Waals surface area (Å²) in [6, 6.07) is 6.44. The highest BCUT2D eigenvalue weighted by molar-refractivity contribution is 7.98. The van der Waals surface area contributed by atoms with Gasteiger partial charge in [-0.2, -0.15) is 0 Å². The van der Waals surface area contributed by atoms with Gasteiger partial charge in [0.25, 0.3) is 0 Å². The van der Waals surface area contributed by atoms with Gasteiger partial charge >= 0.3 is 24.1 Å². The lowest BCUT2D eigenvalue weighted by Crippen LogP contribution is -2.38. The van der Waals surface area contributed by atoms with Crippen LogP contribution >= 0.6 is 23.5 Å². The number of aromatic carboxylic acids is 1. The first-order valence-corrected chi connectivity index (χ1v) is 15.4. The number of hydrogen-bond acceptors (Lipinski definition) is 11. The number of aromatic nitrogens is 2. The van der Waals surface area contributed by atoms with Crippen molar-refractivity contribution in [3.05, 3.63) is 47.0 Å². The van der Waals surface area contributed by atoms with E-state index in [1.54, 1.807) is 66.0 Å². The van der Waals surface area contributed by atoms with Gasteiger partial charge in [-0.1, -0.05) is 0 Å². The summed E-state index contributed by atoms with van der Waals surface area (Å²) in [5, 5.41) is 12.0. The lowest BCUT2D eigenvalue weighted by Gasteiger charge is -2.27. The molecular weight excluding hydrogens is 584 g/mol. The Bertz CT molecular complexity index is 1290. The first-order chi connectivity index (χ1) is 19.5. The molecule has 0 aliphatic heterocycles. The summed E-state index contributed by atoms with van der Waals surface area (Å²) in [6.07, 6.45) is 2.35. The summed E-state index contributed by atoms with van der Waals surface area (Å²) in [7, 11) is 0. The summed E-state index contributed by atoms with van der Waals surface area (Å²) in [5.74, 6) is -1.91. The fourth-order valence-corrected chi connectivity index (χ4v) is 4.26. The zero-order valence-corrected chi connectivity index (χ0v) is 26.7. The van der Waals surface area contributed by atoms with E-state index in [9.17, 15) is 24.3 Å². The lowest BCUT2D eigenvalue weighted by atomic mass is 10.2. The number of carbonyl (C=O) groups excluding carboxylic acids is 3. The van der Waals surface area contributed by atoms with Crippen LogP contribution in [0.2, 0.25) is 0 Å². The van der Waals surface area contributed by atoms with E-state index < -0.39 is 35.3 Å². The molecule has 0 aromatic carbocycles. The molecule has 0 atom stereocenters. The molecule has 0 aliphatic carbocycles. The molecule has 14 heteroatoms. The Morgan fingerprint density at radius 3 is 1.95 bits per heavy atom. The molecular formula is C28H38N4O8S2.